The van der Waals surface area contributed by atoms with Gasteiger partial charge in [0, 0.05) is 5.92 Å². The minimum atomic E-state index is -4.60. The molecule has 198 valence electrons. The third-order valence-electron chi connectivity index (χ3n) is 6.49. The van der Waals surface area contributed by atoms with E-state index >= 15 is 0 Å². The molecule has 0 bridgehead atoms. The first-order valence-electron chi connectivity index (χ1n) is 14.3. The van der Waals surface area contributed by atoms with E-state index in [2.05, 4.69) is 30.2 Å². The van der Waals surface area contributed by atoms with Gasteiger partial charge in [0.15, 0.2) is 0 Å². The minimum Gasteiger partial charge on any atom is -0.726 e. The van der Waals surface area contributed by atoms with Crippen molar-refractivity contribution in [2.75, 3.05) is 6.61 Å². The Morgan fingerprint density at radius 3 is 1.44 bits per heavy atom. The van der Waals surface area contributed by atoms with Crippen LogP contribution in [0.3, 0.4) is 0 Å². The van der Waals surface area contributed by atoms with Gasteiger partial charge >= 0.3 is 51.4 Å². The molecule has 1 unspecified atom stereocenters. The molecule has 0 aromatic heterocycles. The fourth-order valence-corrected chi connectivity index (χ4v) is 4.68. The maximum atomic E-state index is 10.8. The molecule has 0 aliphatic rings. The zero-order chi connectivity index (χ0) is 24.5. The smallest absolute Gasteiger partial charge is 0.726 e. The van der Waals surface area contributed by atoms with Crippen molar-refractivity contribution >= 4 is 10.4 Å². The van der Waals surface area contributed by atoms with Gasteiger partial charge in [-0.05, 0) is 19.3 Å². The average Bonchev–Trinajstić information content (AvgIpc) is 2.78. The number of rotatable bonds is 26. The van der Waals surface area contributed by atoms with Crippen LogP contribution in [0.25, 0.3) is 0 Å². The van der Waals surface area contributed by atoms with Gasteiger partial charge in [0.2, 0.25) is 10.4 Å². The van der Waals surface area contributed by atoms with E-state index in [4.69, 9.17) is 0 Å². The van der Waals surface area contributed by atoms with E-state index in [1.165, 1.54) is 116 Å². The summed E-state index contributed by atoms with van der Waals surface area (Å²) in [7, 11) is -4.60. The van der Waals surface area contributed by atoms with Crippen LogP contribution >= 0.6 is 0 Å². The van der Waals surface area contributed by atoms with E-state index in [1.807, 2.05) is 0 Å². The molecule has 0 amide bonds. The summed E-state index contributed by atoms with van der Waals surface area (Å²) in [5.74, 6) is 0.0200. The summed E-state index contributed by atoms with van der Waals surface area (Å²) in [4.78, 5) is 0. The second-order valence-electron chi connectivity index (χ2n) is 9.82. The molecule has 0 N–H and O–H groups in total. The van der Waals surface area contributed by atoms with Gasteiger partial charge in [0.25, 0.3) is 0 Å². The third-order valence-corrected chi connectivity index (χ3v) is 6.91. The molecular formula is C28H55KO4S. The summed E-state index contributed by atoms with van der Waals surface area (Å²) < 4.78 is 36.8. The molecule has 1 atom stereocenters. The summed E-state index contributed by atoms with van der Waals surface area (Å²) >= 11 is 0. The normalized spacial score (nSPS) is 12.8. The van der Waals surface area contributed by atoms with Crippen molar-refractivity contribution in [3.05, 3.63) is 12.2 Å². The average molecular weight is 527 g/mol. The SMILES string of the molecule is CCCCCCCCCCCCCCCCCC/C=C/C(CCCCCC)COS(=O)(=O)[O-].[K+]. The summed E-state index contributed by atoms with van der Waals surface area (Å²) in [5, 5.41) is 0. The van der Waals surface area contributed by atoms with E-state index < -0.39 is 10.4 Å². The Balaban J connectivity index is 0. The molecule has 0 saturated heterocycles. The Labute approximate surface area is 256 Å². The monoisotopic (exact) mass is 526 g/mol. The Morgan fingerprint density at radius 1 is 0.647 bits per heavy atom. The van der Waals surface area contributed by atoms with Gasteiger partial charge in [-0.2, -0.15) is 0 Å². The molecule has 4 nitrogen and oxygen atoms in total. The molecule has 6 heteroatoms. The predicted octanol–water partition coefficient (Wildman–Crippen LogP) is 6.26. The molecule has 0 aromatic rings. The van der Waals surface area contributed by atoms with Gasteiger partial charge in [-0.3, -0.25) is 4.18 Å². The quantitative estimate of drug-likeness (QED) is 0.0438. The van der Waals surface area contributed by atoms with Gasteiger partial charge < -0.3 is 4.55 Å². The van der Waals surface area contributed by atoms with Crippen LogP contribution in [0.1, 0.15) is 155 Å². The maximum absolute atomic E-state index is 10.8. The van der Waals surface area contributed by atoms with Crippen molar-refractivity contribution in [2.45, 2.75) is 155 Å². The third kappa shape index (κ3) is 31.3. The second kappa shape index (κ2) is 28.8. The standard InChI is InChI=1S/C28H56O4S.K/c1-3-5-7-9-10-11-12-13-14-15-16-17-18-19-20-21-22-24-26-28(25-23-8-6-4-2)27-32-33(29,30)31;/h24,26,28H,3-23,25,27H2,1-2H3,(H,29,30,31);/q;+1/p-1/b26-24+;. The molecule has 0 spiro atoms. The first-order valence-corrected chi connectivity index (χ1v) is 15.6. The first kappa shape index (κ1) is 37.4. The molecule has 0 rings (SSSR count). The van der Waals surface area contributed by atoms with Gasteiger partial charge in [-0.1, -0.05) is 148 Å². The Kier molecular flexibility index (Phi) is 31.7. The second-order valence-corrected chi connectivity index (χ2v) is 10.9. The molecule has 0 aromatic carbocycles. The molecule has 0 aliphatic heterocycles. The van der Waals surface area contributed by atoms with Crippen LogP contribution in [-0.4, -0.2) is 19.6 Å². The van der Waals surface area contributed by atoms with Crippen LogP contribution in [0.2, 0.25) is 0 Å². The van der Waals surface area contributed by atoms with Gasteiger partial charge in [-0.15, -0.1) is 0 Å². The van der Waals surface area contributed by atoms with Crippen LogP contribution in [0.15, 0.2) is 12.2 Å². The molecule has 0 heterocycles. The molecule has 0 fully saturated rings. The summed E-state index contributed by atoms with van der Waals surface area (Å²) in [6.45, 7) is 4.43. The number of hydrogen-bond acceptors (Lipinski definition) is 4. The van der Waals surface area contributed by atoms with Crippen LogP contribution in [0.4, 0.5) is 0 Å². The van der Waals surface area contributed by atoms with E-state index in [9.17, 15) is 13.0 Å². The minimum absolute atomic E-state index is 0. The molecule has 0 saturated carbocycles. The number of allylic oxidation sites excluding steroid dienone is 1. The van der Waals surface area contributed by atoms with Gasteiger partial charge in [0.1, 0.15) is 0 Å². The van der Waals surface area contributed by atoms with Crippen molar-refractivity contribution in [3.63, 3.8) is 0 Å². The van der Waals surface area contributed by atoms with Crippen molar-refractivity contribution < 1.29 is 68.5 Å². The Morgan fingerprint density at radius 2 is 1.03 bits per heavy atom. The van der Waals surface area contributed by atoms with Crippen molar-refractivity contribution in [3.8, 4) is 0 Å². The van der Waals surface area contributed by atoms with E-state index in [0.717, 1.165) is 25.7 Å². The van der Waals surface area contributed by atoms with Crippen molar-refractivity contribution in [1.29, 1.82) is 0 Å². The topological polar surface area (TPSA) is 66.4 Å². The van der Waals surface area contributed by atoms with E-state index in [1.54, 1.807) is 0 Å². The van der Waals surface area contributed by atoms with Crippen molar-refractivity contribution in [1.82, 2.24) is 0 Å². The largest absolute Gasteiger partial charge is 1.00 e. The zero-order valence-electron chi connectivity index (χ0n) is 23.0. The Bertz CT molecular complexity index is 522. The number of hydrogen-bond donors (Lipinski definition) is 0. The van der Waals surface area contributed by atoms with Crippen LogP contribution < -0.4 is 51.4 Å². The van der Waals surface area contributed by atoms with Gasteiger partial charge in [-0.25, -0.2) is 8.42 Å². The molecule has 34 heavy (non-hydrogen) atoms. The summed E-state index contributed by atoms with van der Waals surface area (Å²) in [6, 6.07) is 0. The predicted molar refractivity (Wildman–Crippen MR) is 141 cm³/mol. The summed E-state index contributed by atoms with van der Waals surface area (Å²) in [5.41, 5.74) is 0. The fraction of sp³-hybridized carbons (Fsp3) is 0.929. The molecule has 0 radical (unpaired) electrons. The molecule has 0 aliphatic carbocycles. The maximum Gasteiger partial charge on any atom is 1.00 e. The number of unbranched alkanes of at least 4 members (excludes halogenated alkanes) is 19. The fourth-order valence-electron chi connectivity index (χ4n) is 4.34. The van der Waals surface area contributed by atoms with Gasteiger partial charge in [0.05, 0.1) is 6.61 Å². The van der Waals surface area contributed by atoms with Crippen LogP contribution in [0, 0.1) is 5.92 Å². The first-order chi connectivity index (χ1) is 16.0. The van der Waals surface area contributed by atoms with Crippen LogP contribution in [-0.2, 0) is 14.6 Å². The van der Waals surface area contributed by atoms with E-state index in [0.29, 0.717) is 0 Å². The molecular weight excluding hydrogens is 471 g/mol. The summed E-state index contributed by atoms with van der Waals surface area (Å²) in [6.07, 6.45) is 32.6. The van der Waals surface area contributed by atoms with Crippen LogP contribution in [0.5, 0.6) is 0 Å². The Hall–Kier alpha value is 1.25. The van der Waals surface area contributed by atoms with E-state index in [-0.39, 0.29) is 63.9 Å². The van der Waals surface area contributed by atoms with Crippen molar-refractivity contribution in [2.24, 2.45) is 5.92 Å². The zero-order valence-corrected chi connectivity index (χ0v) is 27.0.